The molecule has 4 rings (SSSR count). The van der Waals surface area contributed by atoms with Crippen molar-refractivity contribution in [3.05, 3.63) is 113 Å². The third-order valence-corrected chi connectivity index (χ3v) is 4.83. The number of alkyl halides is 6. The molecule has 0 fully saturated rings. The maximum Gasteiger partial charge on any atom is 0.416 e. The fourth-order valence-corrected chi connectivity index (χ4v) is 3.06. The highest BCUT2D eigenvalue weighted by atomic mass is 35.5. The van der Waals surface area contributed by atoms with E-state index in [-0.39, 0.29) is 0 Å². The van der Waals surface area contributed by atoms with Crippen LogP contribution < -0.4 is 4.73 Å². The first kappa shape index (κ1) is 25.0. The van der Waals surface area contributed by atoms with Crippen LogP contribution in [0.4, 0.5) is 26.3 Å². The van der Waals surface area contributed by atoms with E-state index >= 15 is 0 Å². The fraction of sp³-hybridized carbons (Fsp3) is 0.0833. The van der Waals surface area contributed by atoms with Crippen LogP contribution in [0.1, 0.15) is 11.1 Å². The standard InChI is InChI=1S/C12H7ClF3N.C12H8F3NO/c13-11-7-9(5-6-17-11)8-1-3-10(4-2-8)12(14,15)16;13-12(14,15)11-3-1-9(2-4-11)10-5-7-16(17)8-6-10/h1-7H;1-8H. The maximum absolute atomic E-state index is 12.4. The Labute approximate surface area is 195 Å². The predicted octanol–water partition coefficient (Wildman–Crippen LogP) is 7.43. The molecule has 0 unspecified atom stereocenters. The Kier molecular flexibility index (Phi) is 7.46. The van der Waals surface area contributed by atoms with Crippen molar-refractivity contribution in [2.24, 2.45) is 0 Å². The van der Waals surface area contributed by atoms with Crippen LogP contribution >= 0.6 is 11.6 Å². The molecule has 2 aromatic carbocycles. The summed E-state index contributed by atoms with van der Waals surface area (Å²) in [6, 6.07) is 16.1. The molecule has 2 heterocycles. The van der Waals surface area contributed by atoms with E-state index in [0.717, 1.165) is 29.8 Å². The molecule has 0 aliphatic heterocycles. The molecular formula is C24H15ClF6N2O. The van der Waals surface area contributed by atoms with Gasteiger partial charge < -0.3 is 5.21 Å². The molecule has 34 heavy (non-hydrogen) atoms. The quantitative estimate of drug-likeness (QED) is 0.125. The van der Waals surface area contributed by atoms with Crippen molar-refractivity contribution < 1.29 is 31.1 Å². The molecule has 0 amide bonds. The topological polar surface area (TPSA) is 39.8 Å². The summed E-state index contributed by atoms with van der Waals surface area (Å²) in [5, 5.41) is 11.1. The zero-order chi connectivity index (χ0) is 24.9. The van der Waals surface area contributed by atoms with E-state index in [1.165, 1.54) is 42.9 Å². The second kappa shape index (κ2) is 10.1. The van der Waals surface area contributed by atoms with Gasteiger partial charge in [-0.3, -0.25) is 0 Å². The van der Waals surface area contributed by atoms with E-state index in [0.29, 0.717) is 26.6 Å². The van der Waals surface area contributed by atoms with E-state index in [2.05, 4.69) is 4.98 Å². The Balaban J connectivity index is 0.000000191. The third-order valence-electron chi connectivity index (χ3n) is 4.62. The average Bonchev–Trinajstić information content (AvgIpc) is 2.79. The van der Waals surface area contributed by atoms with Gasteiger partial charge in [0.05, 0.1) is 11.1 Å². The maximum atomic E-state index is 12.4. The van der Waals surface area contributed by atoms with Gasteiger partial charge in [-0.25, -0.2) is 4.98 Å². The molecule has 0 saturated carbocycles. The van der Waals surface area contributed by atoms with Crippen LogP contribution in [0.3, 0.4) is 0 Å². The highest BCUT2D eigenvalue weighted by Crippen LogP contribution is 2.32. The van der Waals surface area contributed by atoms with E-state index in [1.54, 1.807) is 24.3 Å². The lowest BCUT2D eigenvalue weighted by molar-refractivity contribution is -0.605. The second-order valence-corrected chi connectivity index (χ2v) is 7.35. The van der Waals surface area contributed by atoms with E-state index in [4.69, 9.17) is 11.6 Å². The second-order valence-electron chi connectivity index (χ2n) is 6.96. The lowest BCUT2D eigenvalue weighted by Crippen LogP contribution is -2.23. The van der Waals surface area contributed by atoms with Crippen molar-refractivity contribution in [3.8, 4) is 22.3 Å². The van der Waals surface area contributed by atoms with Gasteiger partial charge >= 0.3 is 12.4 Å². The van der Waals surface area contributed by atoms with Gasteiger partial charge in [0.25, 0.3) is 0 Å². The first-order chi connectivity index (χ1) is 15.9. The molecule has 2 aromatic heterocycles. The van der Waals surface area contributed by atoms with Crippen LogP contribution in [0.15, 0.2) is 91.4 Å². The fourth-order valence-electron chi connectivity index (χ4n) is 2.89. The smallest absolute Gasteiger partial charge is 0.416 e. The number of aromatic nitrogens is 2. The summed E-state index contributed by atoms with van der Waals surface area (Å²) in [4.78, 5) is 3.81. The molecule has 4 aromatic rings. The lowest BCUT2D eigenvalue weighted by atomic mass is 10.1. The molecule has 0 aliphatic carbocycles. The number of nitrogens with zero attached hydrogens (tertiary/aromatic N) is 2. The first-order valence-corrected chi connectivity index (χ1v) is 9.97. The molecule has 3 nitrogen and oxygen atoms in total. The average molecular weight is 497 g/mol. The van der Waals surface area contributed by atoms with Crippen LogP contribution in [0.5, 0.6) is 0 Å². The number of hydrogen-bond acceptors (Lipinski definition) is 2. The summed E-state index contributed by atoms with van der Waals surface area (Å²) >= 11 is 5.71. The van der Waals surface area contributed by atoms with Gasteiger partial charge in [-0.15, -0.1) is 0 Å². The van der Waals surface area contributed by atoms with Crippen LogP contribution in [0.25, 0.3) is 22.3 Å². The number of benzene rings is 2. The van der Waals surface area contributed by atoms with Crippen molar-refractivity contribution in [1.82, 2.24) is 4.98 Å². The van der Waals surface area contributed by atoms with Gasteiger partial charge in [-0.2, -0.15) is 31.1 Å². The van der Waals surface area contributed by atoms with Crippen molar-refractivity contribution in [2.45, 2.75) is 12.4 Å². The molecular weight excluding hydrogens is 482 g/mol. The van der Waals surface area contributed by atoms with Gasteiger partial charge in [-0.1, -0.05) is 35.9 Å². The van der Waals surface area contributed by atoms with Gasteiger partial charge in [0.15, 0.2) is 12.4 Å². The Bertz CT molecular complexity index is 1220. The van der Waals surface area contributed by atoms with Gasteiger partial charge in [0, 0.05) is 18.3 Å². The van der Waals surface area contributed by atoms with Crippen molar-refractivity contribution in [3.63, 3.8) is 0 Å². The van der Waals surface area contributed by atoms with E-state index in [1.807, 2.05) is 0 Å². The molecule has 0 radical (unpaired) electrons. The molecule has 0 bridgehead atoms. The van der Waals surface area contributed by atoms with Crippen molar-refractivity contribution >= 4 is 11.6 Å². The number of rotatable bonds is 2. The van der Waals surface area contributed by atoms with E-state index < -0.39 is 23.5 Å². The largest absolute Gasteiger partial charge is 0.619 e. The zero-order valence-corrected chi connectivity index (χ0v) is 17.9. The number of pyridine rings is 2. The molecule has 176 valence electrons. The van der Waals surface area contributed by atoms with Crippen molar-refractivity contribution in [1.29, 1.82) is 0 Å². The van der Waals surface area contributed by atoms with E-state index in [9.17, 15) is 31.5 Å². The summed E-state index contributed by atoms with van der Waals surface area (Å²) in [6.07, 6.45) is -4.53. The molecule has 0 spiro atoms. The minimum absolute atomic E-state index is 0.308. The van der Waals surface area contributed by atoms with Gasteiger partial charge in [0.2, 0.25) is 0 Å². The Morgan fingerprint density at radius 3 is 1.44 bits per heavy atom. The van der Waals surface area contributed by atoms with Crippen LogP contribution in [0, 0.1) is 5.21 Å². The Morgan fingerprint density at radius 1 is 0.618 bits per heavy atom. The summed E-state index contributed by atoms with van der Waals surface area (Å²) in [6.45, 7) is 0. The van der Waals surface area contributed by atoms with Crippen LogP contribution in [-0.4, -0.2) is 4.98 Å². The predicted molar refractivity (Wildman–Crippen MR) is 116 cm³/mol. The SMILES string of the molecule is FC(F)(F)c1ccc(-c2ccnc(Cl)c2)cc1.[O-][n+]1ccc(-c2ccc(C(F)(F)F)cc2)cc1. The summed E-state index contributed by atoms with van der Waals surface area (Å²) in [5.74, 6) is 0. The number of hydrogen-bond donors (Lipinski definition) is 0. The highest BCUT2D eigenvalue weighted by Gasteiger charge is 2.30. The van der Waals surface area contributed by atoms with Gasteiger partial charge in [0.1, 0.15) is 5.15 Å². The van der Waals surface area contributed by atoms with Crippen LogP contribution in [0.2, 0.25) is 5.15 Å². The normalized spacial score (nSPS) is 11.5. The molecule has 0 atom stereocenters. The Morgan fingerprint density at radius 2 is 1.03 bits per heavy atom. The third kappa shape index (κ3) is 6.71. The van der Waals surface area contributed by atoms with Gasteiger partial charge in [-0.05, 0) is 58.7 Å². The highest BCUT2D eigenvalue weighted by molar-refractivity contribution is 6.29. The molecule has 0 aliphatic rings. The summed E-state index contributed by atoms with van der Waals surface area (Å²) in [7, 11) is 0. The summed E-state index contributed by atoms with van der Waals surface area (Å²) in [5.41, 5.74) is 1.39. The minimum Gasteiger partial charge on any atom is -0.619 e. The van der Waals surface area contributed by atoms with Crippen LogP contribution in [-0.2, 0) is 12.4 Å². The lowest BCUT2D eigenvalue weighted by Gasteiger charge is -2.07. The zero-order valence-electron chi connectivity index (χ0n) is 17.1. The monoisotopic (exact) mass is 496 g/mol. The molecule has 10 heteroatoms. The first-order valence-electron chi connectivity index (χ1n) is 9.59. The minimum atomic E-state index is -4.33. The molecule has 0 N–H and O–H groups in total. The Hall–Kier alpha value is -3.59. The summed E-state index contributed by atoms with van der Waals surface area (Å²) < 4.78 is 74.7. The van der Waals surface area contributed by atoms with Crippen molar-refractivity contribution in [2.75, 3.05) is 0 Å². The number of halogens is 7. The molecule has 0 saturated heterocycles.